The molecule has 0 aliphatic carbocycles. The van der Waals surface area contributed by atoms with E-state index in [1.165, 1.54) is 0 Å². The van der Waals surface area contributed by atoms with Gasteiger partial charge in [-0.05, 0) is 12.8 Å². The molecule has 64 valence electrons. The molecule has 0 amide bonds. The van der Waals surface area contributed by atoms with Crippen molar-refractivity contribution in [1.29, 1.82) is 0 Å². The maximum Gasteiger partial charge on any atom is 0.308 e. The van der Waals surface area contributed by atoms with Crippen molar-refractivity contribution < 1.29 is 14.7 Å². The van der Waals surface area contributed by atoms with Crippen molar-refractivity contribution in [2.24, 2.45) is 5.92 Å². The fourth-order valence-electron chi connectivity index (χ4n) is 1.10. The van der Waals surface area contributed by atoms with Crippen LogP contribution in [0.15, 0.2) is 0 Å². The molecule has 1 unspecified atom stereocenters. The van der Waals surface area contributed by atoms with Crippen LogP contribution in [0.4, 0.5) is 0 Å². The van der Waals surface area contributed by atoms with E-state index in [-0.39, 0.29) is 12.5 Å². The first-order valence-electron chi connectivity index (χ1n) is 3.88. The zero-order valence-electron chi connectivity index (χ0n) is 6.38. The Bertz CT molecular complexity index is 130. The van der Waals surface area contributed by atoms with Crippen LogP contribution in [0.1, 0.15) is 19.3 Å². The number of hydrogen-bond donors (Lipinski definition) is 2. The van der Waals surface area contributed by atoms with Crippen LogP contribution >= 0.6 is 0 Å². The lowest BCUT2D eigenvalue weighted by molar-refractivity contribution is -0.146. The van der Waals surface area contributed by atoms with Crippen LogP contribution in [0, 0.1) is 5.92 Å². The lowest BCUT2D eigenvalue weighted by atomic mass is 10.0. The van der Waals surface area contributed by atoms with Gasteiger partial charge in [-0.3, -0.25) is 4.79 Å². The zero-order chi connectivity index (χ0) is 8.10. The van der Waals surface area contributed by atoms with E-state index in [2.05, 4.69) is 5.48 Å². The van der Waals surface area contributed by atoms with Gasteiger partial charge in [0, 0.05) is 6.54 Å². The molecule has 0 aromatic carbocycles. The van der Waals surface area contributed by atoms with E-state index in [9.17, 15) is 4.79 Å². The Morgan fingerprint density at radius 1 is 1.55 bits per heavy atom. The van der Waals surface area contributed by atoms with Gasteiger partial charge in [-0.2, -0.15) is 0 Å². The second-order valence-electron chi connectivity index (χ2n) is 2.74. The molecule has 0 radical (unpaired) electrons. The van der Waals surface area contributed by atoms with Crippen molar-refractivity contribution in [2.45, 2.75) is 19.3 Å². The second kappa shape index (κ2) is 4.31. The Labute approximate surface area is 65.5 Å². The molecule has 1 aliphatic rings. The van der Waals surface area contributed by atoms with Crippen LogP contribution in [0.3, 0.4) is 0 Å². The minimum atomic E-state index is -0.756. The number of carboxylic acids is 1. The molecule has 2 N–H and O–H groups in total. The minimum absolute atomic E-state index is 0.287. The number of hydroxylamine groups is 1. The topological polar surface area (TPSA) is 58.6 Å². The van der Waals surface area contributed by atoms with Gasteiger partial charge < -0.3 is 9.94 Å². The second-order valence-corrected chi connectivity index (χ2v) is 2.74. The molecule has 4 heteroatoms. The van der Waals surface area contributed by atoms with Gasteiger partial charge in [-0.1, -0.05) is 6.42 Å². The third kappa shape index (κ3) is 2.86. The van der Waals surface area contributed by atoms with Crippen LogP contribution in [-0.4, -0.2) is 24.2 Å². The Kier molecular flexibility index (Phi) is 3.32. The fourth-order valence-corrected chi connectivity index (χ4v) is 1.10. The molecular formula is C7H13NO3. The third-order valence-electron chi connectivity index (χ3n) is 1.82. The Balaban J connectivity index is 2.32. The van der Waals surface area contributed by atoms with Gasteiger partial charge in [0.1, 0.15) is 0 Å². The Morgan fingerprint density at radius 2 is 2.36 bits per heavy atom. The van der Waals surface area contributed by atoms with Crippen molar-refractivity contribution in [3.63, 3.8) is 0 Å². The predicted octanol–water partition coefficient (Wildman–Crippen LogP) is 0.392. The summed E-state index contributed by atoms with van der Waals surface area (Å²) in [6, 6.07) is 0. The molecule has 0 aromatic heterocycles. The van der Waals surface area contributed by atoms with E-state index in [0.29, 0.717) is 0 Å². The molecule has 1 heterocycles. The summed E-state index contributed by atoms with van der Waals surface area (Å²) >= 11 is 0. The molecule has 1 aliphatic heterocycles. The molecule has 0 bridgehead atoms. The molecule has 0 aromatic rings. The molecule has 4 nitrogen and oxygen atoms in total. The molecule has 1 fully saturated rings. The highest BCUT2D eigenvalue weighted by atomic mass is 16.6. The summed E-state index contributed by atoms with van der Waals surface area (Å²) in [6.07, 6.45) is 2.69. The summed E-state index contributed by atoms with van der Waals surface area (Å²) < 4.78 is 0. The van der Waals surface area contributed by atoms with Gasteiger partial charge in [-0.15, -0.1) is 0 Å². The van der Waals surface area contributed by atoms with Gasteiger partial charge in [0.15, 0.2) is 0 Å². The molecular weight excluding hydrogens is 146 g/mol. The third-order valence-corrected chi connectivity index (χ3v) is 1.82. The molecule has 1 saturated heterocycles. The van der Waals surface area contributed by atoms with Crippen LogP contribution in [0.5, 0.6) is 0 Å². The summed E-state index contributed by atoms with van der Waals surface area (Å²) in [4.78, 5) is 15.4. The lowest BCUT2D eigenvalue weighted by Gasteiger charge is -2.16. The quantitative estimate of drug-likeness (QED) is 0.581. The Morgan fingerprint density at radius 3 is 3.09 bits per heavy atom. The molecule has 1 atom stereocenters. The number of carboxylic acid groups (broad SMARTS) is 1. The van der Waals surface area contributed by atoms with Gasteiger partial charge >= 0.3 is 5.97 Å². The van der Waals surface area contributed by atoms with Gasteiger partial charge in [0.2, 0.25) is 0 Å². The predicted molar refractivity (Wildman–Crippen MR) is 38.9 cm³/mol. The van der Waals surface area contributed by atoms with Gasteiger partial charge in [0.25, 0.3) is 0 Å². The van der Waals surface area contributed by atoms with E-state index in [4.69, 9.17) is 9.94 Å². The lowest BCUT2D eigenvalue weighted by Crippen LogP contribution is -2.28. The number of rotatable bonds is 1. The zero-order valence-corrected chi connectivity index (χ0v) is 6.38. The first kappa shape index (κ1) is 8.49. The first-order chi connectivity index (χ1) is 5.30. The fraction of sp³-hybridized carbons (Fsp3) is 0.857. The molecule has 11 heavy (non-hydrogen) atoms. The number of hydrogen-bond acceptors (Lipinski definition) is 3. The molecule has 0 saturated carbocycles. The average Bonchev–Trinajstić information content (AvgIpc) is 1.84. The first-order valence-corrected chi connectivity index (χ1v) is 3.88. The molecule has 1 rings (SSSR count). The van der Waals surface area contributed by atoms with E-state index in [1.54, 1.807) is 0 Å². The summed E-state index contributed by atoms with van der Waals surface area (Å²) in [6.45, 7) is 1.11. The van der Waals surface area contributed by atoms with Crippen LogP contribution < -0.4 is 5.48 Å². The van der Waals surface area contributed by atoms with Crippen molar-refractivity contribution in [1.82, 2.24) is 5.48 Å². The summed E-state index contributed by atoms with van der Waals surface area (Å²) in [5, 5.41) is 8.65. The monoisotopic (exact) mass is 159 g/mol. The van der Waals surface area contributed by atoms with E-state index >= 15 is 0 Å². The van der Waals surface area contributed by atoms with Crippen molar-refractivity contribution >= 4 is 5.97 Å². The van der Waals surface area contributed by atoms with E-state index in [0.717, 1.165) is 25.8 Å². The molecule has 0 spiro atoms. The SMILES string of the molecule is O=C(O)C1CCCCNOC1. The van der Waals surface area contributed by atoms with Crippen molar-refractivity contribution in [3.8, 4) is 0 Å². The largest absolute Gasteiger partial charge is 0.481 e. The average molecular weight is 159 g/mol. The highest BCUT2D eigenvalue weighted by molar-refractivity contribution is 5.70. The van der Waals surface area contributed by atoms with E-state index < -0.39 is 5.97 Å². The highest BCUT2D eigenvalue weighted by Gasteiger charge is 2.18. The van der Waals surface area contributed by atoms with Crippen molar-refractivity contribution in [2.75, 3.05) is 13.2 Å². The minimum Gasteiger partial charge on any atom is -0.481 e. The van der Waals surface area contributed by atoms with Gasteiger partial charge in [0.05, 0.1) is 12.5 Å². The van der Waals surface area contributed by atoms with Gasteiger partial charge in [-0.25, -0.2) is 5.48 Å². The maximum absolute atomic E-state index is 10.5. The summed E-state index contributed by atoms with van der Waals surface area (Å²) in [5.41, 5.74) is 2.71. The number of carbonyl (C=O) groups is 1. The standard InChI is InChI=1S/C7H13NO3/c9-7(10)6-3-1-2-4-8-11-5-6/h6,8H,1-5H2,(H,9,10). The number of nitrogens with one attached hydrogen (secondary N) is 1. The number of aliphatic carboxylic acids is 1. The van der Waals surface area contributed by atoms with Crippen LogP contribution in [-0.2, 0) is 9.63 Å². The normalized spacial score (nSPS) is 27.1. The summed E-state index contributed by atoms with van der Waals surface area (Å²) in [7, 11) is 0. The van der Waals surface area contributed by atoms with E-state index in [1.807, 2.05) is 0 Å². The summed E-state index contributed by atoms with van der Waals surface area (Å²) in [5.74, 6) is -1.09. The van der Waals surface area contributed by atoms with Crippen LogP contribution in [0.25, 0.3) is 0 Å². The van der Waals surface area contributed by atoms with Crippen molar-refractivity contribution in [3.05, 3.63) is 0 Å². The smallest absolute Gasteiger partial charge is 0.308 e. The Hall–Kier alpha value is -0.610. The maximum atomic E-state index is 10.5. The van der Waals surface area contributed by atoms with Crippen LogP contribution in [0.2, 0.25) is 0 Å². The highest BCUT2D eigenvalue weighted by Crippen LogP contribution is 2.10.